The Morgan fingerprint density at radius 1 is 1.05 bits per heavy atom. The number of esters is 1. The fourth-order valence-corrected chi connectivity index (χ4v) is 2.26. The van der Waals surface area contributed by atoms with Gasteiger partial charge in [-0.15, -0.1) is 0 Å². The van der Waals surface area contributed by atoms with Crippen LogP contribution in [-0.4, -0.2) is 41.2 Å². The number of hydrogen-bond acceptors (Lipinski definition) is 4. The molecule has 21 heavy (non-hydrogen) atoms. The monoisotopic (exact) mass is 326 g/mol. The summed E-state index contributed by atoms with van der Waals surface area (Å²) in [6.45, 7) is 9.07. The number of rotatable bonds is 9. The fourth-order valence-electron chi connectivity index (χ4n) is 1.06. The van der Waals surface area contributed by atoms with Crippen LogP contribution in [0, 0.1) is 0 Å². The van der Waals surface area contributed by atoms with Gasteiger partial charge in [0.2, 0.25) is 0 Å². The standard InChI is InChI=1S/C11H22O4Si.5CH4/c1-5-11(12)15-9-8-14-7-6-10-16(3,4)13-2;;;;;/h5H,1,6-10H2,2-4H3;5*1H4. The summed E-state index contributed by atoms with van der Waals surface area (Å²) >= 11 is 0. The molecule has 0 amide bonds. The average Bonchev–Trinajstić information content (AvgIpc) is 2.27. The van der Waals surface area contributed by atoms with Crippen LogP contribution in [0.3, 0.4) is 0 Å². The largest absolute Gasteiger partial charge is 0.460 e. The van der Waals surface area contributed by atoms with Crippen molar-refractivity contribution < 1.29 is 18.7 Å². The lowest BCUT2D eigenvalue weighted by molar-refractivity contribution is -0.139. The number of carbonyl (C=O) groups excluding carboxylic acids is 1. The Hall–Kier alpha value is -0.653. The van der Waals surface area contributed by atoms with Gasteiger partial charge in [0.15, 0.2) is 8.32 Å². The van der Waals surface area contributed by atoms with Crippen LogP contribution in [0.2, 0.25) is 19.1 Å². The van der Waals surface area contributed by atoms with Gasteiger partial charge in [0.25, 0.3) is 0 Å². The predicted molar refractivity (Wildman–Crippen MR) is 99.5 cm³/mol. The minimum absolute atomic E-state index is 0. The van der Waals surface area contributed by atoms with Crippen molar-refractivity contribution in [3.8, 4) is 0 Å². The second kappa shape index (κ2) is 21.6. The Morgan fingerprint density at radius 3 is 2.00 bits per heavy atom. The van der Waals surface area contributed by atoms with Gasteiger partial charge in [-0.3, -0.25) is 0 Å². The van der Waals surface area contributed by atoms with Gasteiger partial charge < -0.3 is 13.9 Å². The van der Waals surface area contributed by atoms with Gasteiger partial charge in [-0.2, -0.15) is 0 Å². The van der Waals surface area contributed by atoms with Crippen LogP contribution < -0.4 is 0 Å². The van der Waals surface area contributed by atoms with Gasteiger partial charge in [-0.25, -0.2) is 4.79 Å². The highest BCUT2D eigenvalue weighted by Gasteiger charge is 2.19. The van der Waals surface area contributed by atoms with Gasteiger partial charge in [-0.05, 0) is 25.6 Å². The Kier molecular flexibility index (Phi) is 38.1. The molecule has 0 saturated carbocycles. The van der Waals surface area contributed by atoms with Crippen LogP contribution in [0.1, 0.15) is 43.6 Å². The van der Waals surface area contributed by atoms with E-state index in [9.17, 15) is 4.79 Å². The van der Waals surface area contributed by atoms with Crippen molar-refractivity contribution in [3.05, 3.63) is 12.7 Å². The van der Waals surface area contributed by atoms with Crippen molar-refractivity contribution in [1.82, 2.24) is 0 Å². The zero-order valence-corrected chi connectivity index (χ0v) is 11.5. The molecule has 0 N–H and O–H groups in total. The van der Waals surface area contributed by atoms with Gasteiger partial charge in [0, 0.05) is 19.8 Å². The zero-order chi connectivity index (χ0) is 12.4. The quantitative estimate of drug-likeness (QED) is 0.254. The van der Waals surface area contributed by atoms with E-state index in [1.54, 1.807) is 7.11 Å². The highest BCUT2D eigenvalue weighted by molar-refractivity contribution is 6.71. The number of carbonyl (C=O) groups is 1. The molecule has 0 rings (SSSR count). The first-order valence-corrected chi connectivity index (χ1v) is 8.55. The van der Waals surface area contributed by atoms with Crippen LogP contribution >= 0.6 is 0 Å². The maximum absolute atomic E-state index is 10.7. The Bertz CT molecular complexity index is 218. The summed E-state index contributed by atoms with van der Waals surface area (Å²) in [6, 6.07) is 1.08. The van der Waals surface area contributed by atoms with E-state index in [1.807, 2.05) is 0 Å². The molecule has 0 spiro atoms. The number of hydrogen-bond donors (Lipinski definition) is 0. The molecule has 0 aliphatic carbocycles. The van der Waals surface area contributed by atoms with E-state index in [2.05, 4.69) is 19.7 Å². The molecular formula is C16H42O4Si. The molecule has 4 nitrogen and oxygen atoms in total. The summed E-state index contributed by atoms with van der Waals surface area (Å²) in [7, 11) is 0.318. The van der Waals surface area contributed by atoms with Crippen molar-refractivity contribution in [2.75, 3.05) is 26.9 Å². The second-order valence-corrected chi connectivity index (χ2v) is 8.48. The smallest absolute Gasteiger partial charge is 0.330 e. The molecular weight excluding hydrogens is 284 g/mol. The molecule has 0 aliphatic rings. The van der Waals surface area contributed by atoms with E-state index < -0.39 is 14.3 Å². The molecule has 0 saturated heterocycles. The van der Waals surface area contributed by atoms with E-state index in [0.717, 1.165) is 18.5 Å². The third-order valence-corrected chi connectivity index (χ3v) is 4.92. The first-order chi connectivity index (χ1) is 7.52. The van der Waals surface area contributed by atoms with Crippen LogP contribution in [0.5, 0.6) is 0 Å². The van der Waals surface area contributed by atoms with E-state index in [0.29, 0.717) is 13.2 Å². The van der Waals surface area contributed by atoms with Gasteiger partial charge in [0.05, 0.1) is 6.61 Å². The molecule has 0 fully saturated rings. The van der Waals surface area contributed by atoms with E-state index in [-0.39, 0.29) is 43.7 Å². The van der Waals surface area contributed by atoms with Crippen molar-refractivity contribution in [1.29, 1.82) is 0 Å². The Labute approximate surface area is 136 Å². The molecule has 0 aromatic heterocycles. The molecule has 134 valence electrons. The molecule has 0 aromatic carbocycles. The third kappa shape index (κ3) is 24.7. The molecule has 0 atom stereocenters. The van der Waals surface area contributed by atoms with Crippen molar-refractivity contribution in [3.63, 3.8) is 0 Å². The van der Waals surface area contributed by atoms with Crippen molar-refractivity contribution in [2.45, 2.75) is 62.7 Å². The highest BCUT2D eigenvalue weighted by atomic mass is 28.4. The summed E-state index contributed by atoms with van der Waals surface area (Å²) in [4.78, 5) is 10.7. The zero-order valence-electron chi connectivity index (χ0n) is 10.5. The molecule has 0 aliphatic heterocycles. The molecule has 0 radical (unpaired) electrons. The van der Waals surface area contributed by atoms with Gasteiger partial charge in [-0.1, -0.05) is 43.7 Å². The van der Waals surface area contributed by atoms with Crippen LogP contribution in [-0.2, 0) is 18.7 Å². The Balaban J connectivity index is -0.000000112. The van der Waals surface area contributed by atoms with Crippen molar-refractivity contribution in [2.24, 2.45) is 0 Å². The minimum Gasteiger partial charge on any atom is -0.460 e. The highest BCUT2D eigenvalue weighted by Crippen LogP contribution is 2.11. The van der Waals surface area contributed by atoms with Crippen LogP contribution in [0.15, 0.2) is 12.7 Å². The van der Waals surface area contributed by atoms with E-state index in [1.165, 1.54) is 0 Å². The third-order valence-electron chi connectivity index (χ3n) is 2.26. The maximum Gasteiger partial charge on any atom is 0.330 e. The summed E-state index contributed by atoms with van der Waals surface area (Å²) in [6.07, 6.45) is 2.13. The summed E-state index contributed by atoms with van der Waals surface area (Å²) in [5.41, 5.74) is 0. The molecule has 0 heterocycles. The molecule has 0 aromatic rings. The topological polar surface area (TPSA) is 44.8 Å². The molecule has 5 heteroatoms. The van der Waals surface area contributed by atoms with Crippen molar-refractivity contribution >= 4 is 14.3 Å². The summed E-state index contributed by atoms with van der Waals surface area (Å²) < 4.78 is 15.5. The van der Waals surface area contributed by atoms with Crippen LogP contribution in [0.25, 0.3) is 0 Å². The second-order valence-electron chi connectivity index (χ2n) is 4.05. The van der Waals surface area contributed by atoms with Crippen LogP contribution in [0.4, 0.5) is 0 Å². The maximum atomic E-state index is 10.7. The van der Waals surface area contributed by atoms with E-state index in [4.69, 9.17) is 13.9 Å². The first kappa shape index (κ1) is 37.0. The van der Waals surface area contributed by atoms with Gasteiger partial charge >= 0.3 is 5.97 Å². The summed E-state index contributed by atoms with van der Waals surface area (Å²) in [5, 5.41) is 0. The van der Waals surface area contributed by atoms with E-state index >= 15 is 0 Å². The Morgan fingerprint density at radius 2 is 1.57 bits per heavy atom. The lowest BCUT2D eigenvalue weighted by Gasteiger charge is -2.19. The average molecular weight is 327 g/mol. The minimum atomic E-state index is -1.45. The first-order valence-electron chi connectivity index (χ1n) is 5.44. The summed E-state index contributed by atoms with van der Waals surface area (Å²) in [5.74, 6) is -0.406. The SMILES string of the molecule is C.C.C.C.C.C=CC(=O)OCCOCCC[Si](C)(C)OC. The molecule has 0 bridgehead atoms. The number of ether oxygens (including phenoxy) is 2. The predicted octanol–water partition coefficient (Wildman–Crippen LogP) is 5.15. The fraction of sp³-hybridized carbons (Fsp3) is 0.812. The lowest BCUT2D eigenvalue weighted by Crippen LogP contribution is -2.28. The van der Waals surface area contributed by atoms with Gasteiger partial charge in [0.1, 0.15) is 6.61 Å². The lowest BCUT2D eigenvalue weighted by atomic mass is 10.5. The molecule has 0 unspecified atom stereocenters. The normalized spacial score (nSPS) is 8.52.